The monoisotopic (exact) mass is 380 g/mol. The average molecular weight is 381 g/mol. The van der Waals surface area contributed by atoms with Gasteiger partial charge in [0.2, 0.25) is 5.91 Å². The zero-order chi connectivity index (χ0) is 18.5. The summed E-state index contributed by atoms with van der Waals surface area (Å²) in [5.74, 6) is 2.73. The number of methoxy groups -OCH3 is 3. The third kappa shape index (κ3) is 4.04. The Bertz CT molecular complexity index is 609. The molecule has 0 spiro atoms. The van der Waals surface area contributed by atoms with Crippen molar-refractivity contribution in [1.29, 1.82) is 0 Å². The summed E-state index contributed by atoms with van der Waals surface area (Å²) in [5, 5.41) is -0.0944. The number of rotatable bonds is 7. The second kappa shape index (κ2) is 8.86. The molecule has 2 aliphatic rings. The molecule has 0 N–H and O–H groups in total. The fourth-order valence-electron chi connectivity index (χ4n) is 3.64. The van der Waals surface area contributed by atoms with Crippen LogP contribution in [-0.4, -0.2) is 69.0 Å². The van der Waals surface area contributed by atoms with Crippen LogP contribution in [0.2, 0.25) is 0 Å². The zero-order valence-electron chi connectivity index (χ0n) is 15.8. The van der Waals surface area contributed by atoms with Gasteiger partial charge < -0.3 is 24.0 Å². The van der Waals surface area contributed by atoms with Crippen molar-refractivity contribution in [2.45, 2.75) is 24.6 Å². The Morgan fingerprint density at radius 2 is 1.65 bits per heavy atom. The highest BCUT2D eigenvalue weighted by Gasteiger charge is 2.37. The fraction of sp³-hybridized carbons (Fsp3) is 0.632. The molecule has 6 nitrogen and oxygen atoms in total. The first kappa shape index (κ1) is 19.2. The third-order valence-corrected chi connectivity index (χ3v) is 6.29. The maximum Gasteiger partial charge on any atom is 0.233 e. The van der Waals surface area contributed by atoms with Crippen LogP contribution >= 0.6 is 11.8 Å². The number of benzene rings is 1. The summed E-state index contributed by atoms with van der Waals surface area (Å²) in [7, 11) is 4.89. The van der Waals surface area contributed by atoms with Gasteiger partial charge in [0, 0.05) is 25.2 Å². The van der Waals surface area contributed by atoms with Gasteiger partial charge in [0.1, 0.15) is 22.6 Å². The number of carbonyl (C=O) groups is 1. The molecule has 26 heavy (non-hydrogen) atoms. The van der Waals surface area contributed by atoms with Crippen molar-refractivity contribution < 1.29 is 19.0 Å². The number of hydrogen-bond acceptors (Lipinski definition) is 6. The van der Waals surface area contributed by atoms with Crippen molar-refractivity contribution in [2.24, 2.45) is 0 Å². The lowest BCUT2D eigenvalue weighted by Gasteiger charge is -2.31. The van der Waals surface area contributed by atoms with Crippen LogP contribution < -0.4 is 14.2 Å². The predicted molar refractivity (Wildman–Crippen MR) is 103 cm³/mol. The summed E-state index contributed by atoms with van der Waals surface area (Å²) >= 11 is 1.63. The number of ether oxygens (including phenoxy) is 3. The predicted octanol–water partition coefficient (Wildman–Crippen LogP) is 2.77. The van der Waals surface area contributed by atoms with E-state index in [1.54, 1.807) is 33.1 Å². The molecule has 2 saturated heterocycles. The molecule has 1 aromatic carbocycles. The summed E-state index contributed by atoms with van der Waals surface area (Å²) in [6.07, 6.45) is 3.83. The summed E-state index contributed by atoms with van der Waals surface area (Å²) < 4.78 is 16.5. The minimum absolute atomic E-state index is 0.0944. The summed E-state index contributed by atoms with van der Waals surface area (Å²) in [4.78, 5) is 17.0. The first-order valence-corrected chi connectivity index (χ1v) is 10.2. The highest BCUT2D eigenvalue weighted by Crippen LogP contribution is 2.48. The van der Waals surface area contributed by atoms with Crippen molar-refractivity contribution >= 4 is 17.7 Å². The maximum atomic E-state index is 12.5. The average Bonchev–Trinajstić information content (AvgIpc) is 3.05. The van der Waals surface area contributed by atoms with Gasteiger partial charge in [0.05, 0.1) is 32.6 Å². The van der Waals surface area contributed by atoms with Crippen molar-refractivity contribution in [3.05, 3.63) is 17.7 Å². The van der Waals surface area contributed by atoms with Crippen molar-refractivity contribution in [2.75, 3.05) is 53.3 Å². The number of nitrogens with zero attached hydrogens (tertiary/aromatic N) is 2. The van der Waals surface area contributed by atoms with Crippen LogP contribution in [0.25, 0.3) is 0 Å². The van der Waals surface area contributed by atoms with E-state index in [2.05, 4.69) is 4.90 Å². The summed E-state index contributed by atoms with van der Waals surface area (Å²) in [6.45, 7) is 3.92. The Labute approximate surface area is 159 Å². The lowest BCUT2D eigenvalue weighted by Crippen LogP contribution is -2.39. The van der Waals surface area contributed by atoms with E-state index in [1.807, 2.05) is 17.0 Å². The summed E-state index contributed by atoms with van der Waals surface area (Å²) in [5.41, 5.74) is 0.908. The van der Waals surface area contributed by atoms with Crippen LogP contribution in [0.3, 0.4) is 0 Å². The van der Waals surface area contributed by atoms with Gasteiger partial charge in [0.15, 0.2) is 0 Å². The minimum atomic E-state index is -0.0944. The lowest BCUT2D eigenvalue weighted by molar-refractivity contribution is -0.128. The van der Waals surface area contributed by atoms with Crippen molar-refractivity contribution in [3.63, 3.8) is 0 Å². The Morgan fingerprint density at radius 3 is 2.23 bits per heavy atom. The van der Waals surface area contributed by atoms with Crippen LogP contribution in [0.1, 0.15) is 30.2 Å². The van der Waals surface area contributed by atoms with E-state index in [1.165, 1.54) is 19.3 Å². The van der Waals surface area contributed by atoms with Gasteiger partial charge >= 0.3 is 0 Å². The van der Waals surface area contributed by atoms with Crippen molar-refractivity contribution in [1.82, 2.24) is 9.80 Å². The molecule has 2 aliphatic heterocycles. The van der Waals surface area contributed by atoms with Gasteiger partial charge in [-0.15, -0.1) is 11.8 Å². The molecular formula is C19H28N2O4S. The van der Waals surface area contributed by atoms with E-state index in [4.69, 9.17) is 14.2 Å². The molecule has 1 unspecified atom stereocenters. The minimum Gasteiger partial charge on any atom is -0.496 e. The molecule has 0 bridgehead atoms. The van der Waals surface area contributed by atoms with Crippen LogP contribution in [0.4, 0.5) is 0 Å². The van der Waals surface area contributed by atoms with E-state index in [9.17, 15) is 4.79 Å². The molecule has 3 rings (SSSR count). The zero-order valence-corrected chi connectivity index (χ0v) is 16.6. The van der Waals surface area contributed by atoms with Gasteiger partial charge in [-0.25, -0.2) is 0 Å². The van der Waals surface area contributed by atoms with Crippen LogP contribution in [0.15, 0.2) is 12.1 Å². The van der Waals surface area contributed by atoms with E-state index in [0.717, 1.165) is 31.7 Å². The highest BCUT2D eigenvalue weighted by molar-refractivity contribution is 8.00. The maximum absolute atomic E-state index is 12.5. The molecule has 1 atom stereocenters. The highest BCUT2D eigenvalue weighted by atomic mass is 32.2. The van der Waals surface area contributed by atoms with E-state index in [0.29, 0.717) is 23.0 Å². The van der Waals surface area contributed by atoms with Crippen molar-refractivity contribution in [3.8, 4) is 17.2 Å². The Balaban J connectivity index is 1.82. The normalized spacial score (nSPS) is 21.1. The molecule has 144 valence electrons. The standard InChI is InChI=1S/C19H28N2O4S/c1-23-14-11-15(24-2)18(16(12-14)25-3)19-21(17(22)13-26-19)10-9-20-7-5-4-6-8-20/h11-12,19H,4-10,13H2,1-3H3. The Morgan fingerprint density at radius 1 is 1.00 bits per heavy atom. The fourth-order valence-corrected chi connectivity index (χ4v) is 4.91. The van der Waals surface area contributed by atoms with Gasteiger partial charge in [-0.05, 0) is 25.9 Å². The molecular weight excluding hydrogens is 352 g/mol. The molecule has 0 radical (unpaired) electrons. The third-order valence-electron chi connectivity index (χ3n) is 5.07. The van der Waals surface area contributed by atoms with E-state index in [-0.39, 0.29) is 11.3 Å². The van der Waals surface area contributed by atoms with E-state index < -0.39 is 0 Å². The Hall–Kier alpha value is -1.60. The smallest absolute Gasteiger partial charge is 0.233 e. The number of thioether (sulfide) groups is 1. The number of hydrogen-bond donors (Lipinski definition) is 0. The number of piperidine rings is 1. The largest absolute Gasteiger partial charge is 0.496 e. The molecule has 2 fully saturated rings. The molecule has 1 amide bonds. The van der Waals surface area contributed by atoms with Crippen LogP contribution in [-0.2, 0) is 4.79 Å². The lowest BCUT2D eigenvalue weighted by atomic mass is 10.1. The molecule has 2 heterocycles. The molecule has 1 aromatic rings. The first-order chi connectivity index (χ1) is 12.7. The number of amides is 1. The Kier molecular flexibility index (Phi) is 6.53. The van der Waals surface area contributed by atoms with Gasteiger partial charge in [-0.1, -0.05) is 6.42 Å². The van der Waals surface area contributed by atoms with Gasteiger partial charge in [-0.2, -0.15) is 0 Å². The number of carbonyl (C=O) groups excluding carboxylic acids is 1. The SMILES string of the molecule is COc1cc(OC)c(C2SCC(=O)N2CCN2CCCCC2)c(OC)c1. The molecule has 0 saturated carbocycles. The van der Waals surface area contributed by atoms with Crippen LogP contribution in [0.5, 0.6) is 17.2 Å². The number of likely N-dealkylation sites (tertiary alicyclic amines) is 1. The van der Waals surface area contributed by atoms with Crippen LogP contribution in [0, 0.1) is 0 Å². The first-order valence-electron chi connectivity index (χ1n) is 9.11. The molecule has 7 heteroatoms. The molecule has 0 aliphatic carbocycles. The second-order valence-electron chi connectivity index (χ2n) is 6.60. The second-order valence-corrected chi connectivity index (χ2v) is 7.67. The van der Waals surface area contributed by atoms with Gasteiger partial charge in [-0.3, -0.25) is 4.79 Å². The molecule has 0 aromatic heterocycles. The quantitative estimate of drug-likeness (QED) is 0.725. The summed E-state index contributed by atoms with van der Waals surface area (Å²) in [6, 6.07) is 3.70. The van der Waals surface area contributed by atoms with Gasteiger partial charge in [0.25, 0.3) is 0 Å². The van der Waals surface area contributed by atoms with E-state index >= 15 is 0 Å². The topological polar surface area (TPSA) is 51.2 Å².